The lowest BCUT2D eigenvalue weighted by Crippen LogP contribution is -2.52. The molecule has 1 N–H and O–H groups in total. The van der Waals surface area contributed by atoms with Crippen LogP contribution in [0.25, 0.3) is 0 Å². The Labute approximate surface area is 107 Å². The summed E-state index contributed by atoms with van der Waals surface area (Å²) in [7, 11) is 1.58. The standard InChI is InChI=1S/C10H19Cl2NO3/c1-3-10(7-11,8-12)13-9(14)6-16-5-4-15-2/h3-8H2,1-2H3,(H,13,14). The van der Waals surface area contributed by atoms with Gasteiger partial charge < -0.3 is 14.8 Å². The highest BCUT2D eigenvalue weighted by molar-refractivity contribution is 6.22. The molecule has 4 nitrogen and oxygen atoms in total. The third-order valence-electron chi connectivity index (χ3n) is 2.26. The summed E-state index contributed by atoms with van der Waals surface area (Å²) in [6.07, 6.45) is 0.684. The molecule has 0 aliphatic carbocycles. The average molecular weight is 272 g/mol. The van der Waals surface area contributed by atoms with E-state index in [1.165, 1.54) is 0 Å². The summed E-state index contributed by atoms with van der Waals surface area (Å²) in [4.78, 5) is 11.5. The van der Waals surface area contributed by atoms with E-state index in [9.17, 15) is 4.79 Å². The van der Waals surface area contributed by atoms with Gasteiger partial charge in [0.15, 0.2) is 0 Å². The highest BCUT2D eigenvalue weighted by Gasteiger charge is 2.27. The summed E-state index contributed by atoms with van der Waals surface area (Å²) >= 11 is 11.6. The van der Waals surface area contributed by atoms with Gasteiger partial charge in [-0.15, -0.1) is 23.2 Å². The molecule has 96 valence electrons. The van der Waals surface area contributed by atoms with Gasteiger partial charge in [0.2, 0.25) is 5.91 Å². The first-order valence-electron chi connectivity index (χ1n) is 5.13. The molecule has 0 aromatic carbocycles. The first-order chi connectivity index (χ1) is 7.64. The molecule has 0 aromatic heterocycles. The number of halogens is 2. The van der Waals surface area contributed by atoms with Crippen LogP contribution in [0.15, 0.2) is 0 Å². The average Bonchev–Trinajstić information content (AvgIpc) is 2.32. The van der Waals surface area contributed by atoms with E-state index in [0.717, 1.165) is 0 Å². The Morgan fingerprint density at radius 2 is 1.94 bits per heavy atom. The van der Waals surface area contributed by atoms with Crippen molar-refractivity contribution in [2.24, 2.45) is 0 Å². The second kappa shape index (κ2) is 9.05. The molecule has 0 unspecified atom stereocenters. The van der Waals surface area contributed by atoms with Crippen molar-refractivity contribution >= 4 is 29.1 Å². The Morgan fingerprint density at radius 1 is 1.31 bits per heavy atom. The maximum Gasteiger partial charge on any atom is 0.246 e. The molecule has 0 radical (unpaired) electrons. The molecule has 16 heavy (non-hydrogen) atoms. The molecular weight excluding hydrogens is 253 g/mol. The number of hydrogen-bond acceptors (Lipinski definition) is 3. The van der Waals surface area contributed by atoms with Gasteiger partial charge in [0.05, 0.1) is 18.8 Å². The Bertz CT molecular complexity index is 190. The van der Waals surface area contributed by atoms with E-state index in [0.29, 0.717) is 19.6 Å². The maximum atomic E-state index is 11.5. The molecule has 0 fully saturated rings. The van der Waals surface area contributed by atoms with Crippen LogP contribution in [-0.2, 0) is 14.3 Å². The Balaban J connectivity index is 3.91. The Hall–Kier alpha value is -0.0300. The molecule has 0 saturated carbocycles. The first kappa shape index (κ1) is 16.0. The zero-order valence-corrected chi connectivity index (χ0v) is 11.2. The van der Waals surface area contributed by atoms with Gasteiger partial charge in [0.25, 0.3) is 0 Å². The number of nitrogens with one attached hydrogen (secondary N) is 1. The molecular formula is C10H19Cl2NO3. The first-order valence-corrected chi connectivity index (χ1v) is 6.20. The van der Waals surface area contributed by atoms with Gasteiger partial charge in [-0.05, 0) is 6.42 Å². The normalized spacial score (nSPS) is 11.5. The Morgan fingerprint density at radius 3 is 2.38 bits per heavy atom. The van der Waals surface area contributed by atoms with E-state index >= 15 is 0 Å². The van der Waals surface area contributed by atoms with Gasteiger partial charge in [0.1, 0.15) is 6.61 Å². The molecule has 6 heteroatoms. The number of methoxy groups -OCH3 is 1. The van der Waals surface area contributed by atoms with E-state index in [2.05, 4.69) is 5.32 Å². The van der Waals surface area contributed by atoms with E-state index in [4.69, 9.17) is 32.7 Å². The van der Waals surface area contributed by atoms with Gasteiger partial charge in [-0.2, -0.15) is 0 Å². The van der Waals surface area contributed by atoms with Crippen molar-refractivity contribution in [1.29, 1.82) is 0 Å². The molecule has 0 saturated heterocycles. The van der Waals surface area contributed by atoms with Crippen LogP contribution in [0.3, 0.4) is 0 Å². The van der Waals surface area contributed by atoms with E-state index in [-0.39, 0.29) is 24.3 Å². The highest BCUT2D eigenvalue weighted by atomic mass is 35.5. The van der Waals surface area contributed by atoms with Gasteiger partial charge in [-0.3, -0.25) is 4.79 Å². The minimum Gasteiger partial charge on any atom is -0.382 e. The largest absolute Gasteiger partial charge is 0.382 e. The maximum absolute atomic E-state index is 11.5. The molecule has 1 amide bonds. The van der Waals surface area contributed by atoms with Crippen molar-refractivity contribution in [2.45, 2.75) is 18.9 Å². The number of ether oxygens (including phenoxy) is 2. The summed E-state index contributed by atoms with van der Waals surface area (Å²) in [6.45, 7) is 2.79. The zero-order chi connectivity index (χ0) is 12.4. The van der Waals surface area contributed by atoms with Crippen molar-refractivity contribution in [3.05, 3.63) is 0 Å². The summed E-state index contributed by atoms with van der Waals surface area (Å²) < 4.78 is 9.88. The molecule has 0 aliphatic heterocycles. The van der Waals surface area contributed by atoms with Crippen molar-refractivity contribution < 1.29 is 14.3 Å². The lowest BCUT2D eigenvalue weighted by molar-refractivity contribution is -0.127. The topological polar surface area (TPSA) is 47.6 Å². The van der Waals surface area contributed by atoms with Crippen molar-refractivity contribution in [3.63, 3.8) is 0 Å². The molecule has 0 aromatic rings. The van der Waals surface area contributed by atoms with Gasteiger partial charge in [-0.25, -0.2) is 0 Å². The zero-order valence-electron chi connectivity index (χ0n) is 9.72. The van der Waals surface area contributed by atoms with Gasteiger partial charge >= 0.3 is 0 Å². The summed E-state index contributed by atoms with van der Waals surface area (Å²) in [5, 5.41) is 2.79. The third-order valence-corrected chi connectivity index (χ3v) is 3.28. The number of rotatable bonds is 9. The van der Waals surface area contributed by atoms with Crippen LogP contribution in [0.5, 0.6) is 0 Å². The number of alkyl halides is 2. The lowest BCUT2D eigenvalue weighted by atomic mass is 10.0. The fourth-order valence-electron chi connectivity index (χ4n) is 1.02. The second-order valence-electron chi connectivity index (χ2n) is 3.49. The molecule has 0 aliphatic rings. The summed E-state index contributed by atoms with van der Waals surface area (Å²) in [6, 6.07) is 0. The molecule has 0 spiro atoms. The van der Waals surface area contributed by atoms with Crippen molar-refractivity contribution in [1.82, 2.24) is 5.32 Å². The number of amides is 1. The minimum absolute atomic E-state index is 0.00110. The van der Waals surface area contributed by atoms with Crippen LogP contribution in [0.1, 0.15) is 13.3 Å². The molecule has 0 rings (SSSR count). The van der Waals surface area contributed by atoms with E-state index in [1.807, 2.05) is 6.92 Å². The van der Waals surface area contributed by atoms with Crippen molar-refractivity contribution in [3.8, 4) is 0 Å². The monoisotopic (exact) mass is 271 g/mol. The summed E-state index contributed by atoms with van der Waals surface area (Å²) in [5.41, 5.74) is -0.537. The predicted octanol–water partition coefficient (Wildman–Crippen LogP) is 1.39. The quantitative estimate of drug-likeness (QED) is 0.509. The smallest absolute Gasteiger partial charge is 0.246 e. The van der Waals surface area contributed by atoms with E-state index in [1.54, 1.807) is 7.11 Å². The third kappa shape index (κ3) is 5.89. The SMILES string of the molecule is CCC(CCl)(CCl)NC(=O)COCCOC. The molecule has 0 atom stereocenters. The molecule has 0 heterocycles. The van der Waals surface area contributed by atoms with Gasteiger partial charge in [-0.1, -0.05) is 6.92 Å². The van der Waals surface area contributed by atoms with Crippen LogP contribution in [0.2, 0.25) is 0 Å². The molecule has 0 bridgehead atoms. The van der Waals surface area contributed by atoms with Gasteiger partial charge in [0, 0.05) is 18.9 Å². The van der Waals surface area contributed by atoms with Crippen LogP contribution in [-0.4, -0.2) is 50.1 Å². The van der Waals surface area contributed by atoms with E-state index < -0.39 is 5.54 Å². The Kier molecular flexibility index (Phi) is 9.03. The number of carbonyl (C=O) groups excluding carboxylic acids is 1. The fraction of sp³-hybridized carbons (Fsp3) is 0.900. The van der Waals surface area contributed by atoms with Crippen LogP contribution >= 0.6 is 23.2 Å². The predicted molar refractivity (Wildman–Crippen MR) is 65.3 cm³/mol. The summed E-state index contributed by atoms with van der Waals surface area (Å²) in [5.74, 6) is 0.368. The minimum atomic E-state index is -0.537. The lowest BCUT2D eigenvalue weighted by Gasteiger charge is -2.29. The second-order valence-corrected chi connectivity index (χ2v) is 4.03. The number of carbonyl (C=O) groups is 1. The van der Waals surface area contributed by atoms with Crippen molar-refractivity contribution in [2.75, 3.05) is 38.7 Å². The number of hydrogen-bond donors (Lipinski definition) is 1. The van der Waals surface area contributed by atoms with Crippen LogP contribution in [0, 0.1) is 0 Å². The highest BCUT2D eigenvalue weighted by Crippen LogP contribution is 2.14. The van der Waals surface area contributed by atoms with Crippen LogP contribution in [0.4, 0.5) is 0 Å². The van der Waals surface area contributed by atoms with Crippen LogP contribution < -0.4 is 5.32 Å². The fourth-order valence-corrected chi connectivity index (χ4v) is 1.82.